The molecule has 226 valence electrons. The molecular weight excluding hydrogens is 524 g/mol. The van der Waals surface area contributed by atoms with E-state index >= 15 is 0 Å². The Morgan fingerprint density at radius 2 is 1.59 bits per heavy atom. The fourth-order valence-corrected chi connectivity index (χ4v) is 6.49. The second-order valence-electron chi connectivity index (χ2n) is 12.8. The van der Waals surface area contributed by atoms with Crippen LogP contribution < -0.4 is 9.88 Å². The maximum atomic E-state index is 13.7. The van der Waals surface area contributed by atoms with Crippen LogP contribution in [0.5, 0.6) is 0 Å². The van der Waals surface area contributed by atoms with Crippen LogP contribution in [0.25, 0.3) is 0 Å². The Kier molecular flexibility index (Phi) is 13.8. The van der Waals surface area contributed by atoms with E-state index in [2.05, 4.69) is 74.4 Å². The van der Waals surface area contributed by atoms with Gasteiger partial charge in [-0.2, -0.15) is 4.57 Å². The fourth-order valence-electron chi connectivity index (χ4n) is 5.85. The van der Waals surface area contributed by atoms with Crippen LogP contribution in [0.15, 0.2) is 60.3 Å². The number of hydrogen-bond donors (Lipinski definition) is 1. The number of benzene rings is 1. The molecule has 0 aliphatic heterocycles. The largest absolute Gasteiger partial charge is 0.368 e. The average molecular weight is 580 g/mol. The van der Waals surface area contributed by atoms with E-state index in [0.717, 1.165) is 17.5 Å². The van der Waals surface area contributed by atoms with Crippen LogP contribution >= 0.6 is 11.3 Å². The van der Waals surface area contributed by atoms with Crippen LogP contribution in [0.2, 0.25) is 0 Å². The Labute approximate surface area is 254 Å². The van der Waals surface area contributed by atoms with Crippen molar-refractivity contribution in [3.05, 3.63) is 76.3 Å². The Balaban J connectivity index is 1.52. The maximum absolute atomic E-state index is 13.7. The van der Waals surface area contributed by atoms with Gasteiger partial charge in [-0.05, 0) is 30.9 Å². The van der Waals surface area contributed by atoms with E-state index in [1.54, 1.807) is 11.3 Å². The summed E-state index contributed by atoms with van der Waals surface area (Å²) in [7, 11) is 0. The number of hydrogen-bond acceptors (Lipinski definition) is 3. The summed E-state index contributed by atoms with van der Waals surface area (Å²) in [5, 5.41) is 3.35. The van der Waals surface area contributed by atoms with Gasteiger partial charge < -0.3 is 10.1 Å². The number of nitrogens with zero attached hydrogens (tertiary/aromatic N) is 1. The summed E-state index contributed by atoms with van der Waals surface area (Å²) in [6.45, 7) is 12.4. The number of amides is 1. The van der Waals surface area contributed by atoms with Crippen LogP contribution in [0.1, 0.15) is 126 Å². The molecule has 1 heterocycles. The van der Waals surface area contributed by atoms with Crippen molar-refractivity contribution in [2.45, 2.75) is 130 Å². The molecule has 1 N–H and O–H groups in total. The molecule has 1 amide bonds. The highest BCUT2D eigenvalue weighted by Crippen LogP contribution is 2.40. The number of ether oxygens (including phenoxy) is 1. The smallest absolute Gasteiger partial charge is 0.252 e. The first-order valence-corrected chi connectivity index (χ1v) is 17.0. The summed E-state index contributed by atoms with van der Waals surface area (Å²) in [6.07, 6.45) is 26.4. The number of aryl methyl sites for hydroxylation is 1. The lowest BCUT2D eigenvalue weighted by Gasteiger charge is -2.48. The number of allylic oxidation sites excluding steroid dienone is 2. The van der Waals surface area contributed by atoms with Crippen molar-refractivity contribution in [2.75, 3.05) is 6.61 Å². The van der Waals surface area contributed by atoms with Gasteiger partial charge in [0.2, 0.25) is 5.51 Å². The van der Waals surface area contributed by atoms with Crippen LogP contribution in [0.3, 0.4) is 0 Å². The number of carbonyl (C=O) groups is 1. The molecule has 1 aliphatic rings. The van der Waals surface area contributed by atoms with Crippen LogP contribution in [-0.2, 0) is 11.3 Å². The molecule has 0 radical (unpaired) electrons. The molecule has 3 rings (SSSR count). The van der Waals surface area contributed by atoms with Crippen molar-refractivity contribution in [1.82, 2.24) is 5.32 Å². The van der Waals surface area contributed by atoms with Gasteiger partial charge in [0.05, 0.1) is 10.9 Å². The predicted octanol–water partition coefficient (Wildman–Crippen LogP) is 9.12. The summed E-state index contributed by atoms with van der Waals surface area (Å²) in [4.78, 5) is 15.0. The van der Waals surface area contributed by atoms with E-state index in [-0.39, 0.29) is 17.4 Å². The summed E-state index contributed by atoms with van der Waals surface area (Å²) < 4.78 is 8.89. The predicted molar refractivity (Wildman–Crippen MR) is 174 cm³/mol. The summed E-state index contributed by atoms with van der Waals surface area (Å²) >= 11 is 1.72. The molecule has 2 atom stereocenters. The van der Waals surface area contributed by atoms with E-state index in [9.17, 15) is 4.79 Å². The quantitative estimate of drug-likeness (QED) is 0.141. The Morgan fingerprint density at radius 3 is 2.20 bits per heavy atom. The molecule has 1 aromatic carbocycles. The van der Waals surface area contributed by atoms with Crippen molar-refractivity contribution in [2.24, 2.45) is 5.41 Å². The molecule has 41 heavy (non-hydrogen) atoms. The van der Waals surface area contributed by atoms with Crippen LogP contribution in [0.4, 0.5) is 0 Å². The zero-order chi connectivity index (χ0) is 29.6. The van der Waals surface area contributed by atoms with E-state index in [4.69, 9.17) is 4.74 Å². The van der Waals surface area contributed by atoms with Crippen molar-refractivity contribution >= 4 is 17.2 Å². The zero-order valence-corrected chi connectivity index (χ0v) is 27.2. The third-order valence-electron chi connectivity index (χ3n) is 8.35. The van der Waals surface area contributed by atoms with Gasteiger partial charge in [0.25, 0.3) is 5.91 Å². The number of nitrogens with one attached hydrogen (secondary N) is 1. The minimum absolute atomic E-state index is 0.0549. The Hall–Kier alpha value is -2.24. The first-order valence-electron chi connectivity index (χ1n) is 16.1. The summed E-state index contributed by atoms with van der Waals surface area (Å²) in [6, 6.07) is 7.68. The van der Waals surface area contributed by atoms with Gasteiger partial charge in [-0.15, -0.1) is 0 Å². The highest BCUT2D eigenvalue weighted by Gasteiger charge is 2.48. The van der Waals surface area contributed by atoms with Crippen molar-refractivity contribution in [1.29, 1.82) is 0 Å². The van der Waals surface area contributed by atoms with Gasteiger partial charge in [0, 0.05) is 17.7 Å². The lowest BCUT2D eigenvalue weighted by molar-refractivity contribution is -0.683. The molecule has 0 spiro atoms. The van der Waals surface area contributed by atoms with E-state index in [0.29, 0.717) is 13.2 Å². The maximum Gasteiger partial charge on any atom is 0.252 e. The van der Waals surface area contributed by atoms with Crippen LogP contribution in [0, 0.1) is 12.3 Å². The lowest BCUT2D eigenvalue weighted by atomic mass is 9.69. The number of aromatic nitrogens is 1. The monoisotopic (exact) mass is 579 g/mol. The molecule has 0 fully saturated rings. The molecule has 2 unspecified atom stereocenters. The molecule has 0 saturated carbocycles. The first kappa shape index (κ1) is 33.3. The standard InChI is InChI=1S/C36H54N2O2S/c1-6-7-8-9-10-11-12-13-14-15-16-21-26-40-36(35(3,4)5)25-20-19-24-33(36)37-34(39)32-23-18-17-22-31(32)28-38-27-30(2)41-29-38/h17-20,22-25,27,29,33H,6-16,21,26,28H2,1-5H3/p+1. The molecule has 5 heteroatoms. The third kappa shape index (κ3) is 10.2. The number of thiazole rings is 1. The summed E-state index contributed by atoms with van der Waals surface area (Å²) in [5.74, 6) is -0.0549. The van der Waals surface area contributed by atoms with Crippen molar-refractivity contribution in [3.63, 3.8) is 0 Å². The van der Waals surface area contributed by atoms with Gasteiger partial charge >= 0.3 is 0 Å². The van der Waals surface area contributed by atoms with Gasteiger partial charge in [0.1, 0.15) is 5.60 Å². The number of rotatable bonds is 18. The minimum Gasteiger partial charge on any atom is -0.368 e. The van der Waals surface area contributed by atoms with Gasteiger partial charge in [-0.1, -0.05) is 146 Å². The summed E-state index contributed by atoms with van der Waals surface area (Å²) in [5.41, 5.74) is 3.03. The average Bonchev–Trinajstić information content (AvgIpc) is 3.36. The van der Waals surface area contributed by atoms with Crippen LogP contribution in [-0.4, -0.2) is 24.2 Å². The molecule has 0 saturated heterocycles. The molecule has 1 aromatic heterocycles. The Bertz CT molecular complexity index is 1110. The van der Waals surface area contributed by atoms with E-state index in [1.165, 1.54) is 75.5 Å². The third-order valence-corrected chi connectivity index (χ3v) is 9.21. The fraction of sp³-hybridized carbons (Fsp3) is 0.611. The van der Waals surface area contributed by atoms with Gasteiger partial charge in [-0.25, -0.2) is 0 Å². The van der Waals surface area contributed by atoms with Crippen molar-refractivity contribution < 1.29 is 14.1 Å². The van der Waals surface area contributed by atoms with Gasteiger partial charge in [0.15, 0.2) is 12.7 Å². The number of unbranched alkanes of at least 4 members (excludes halogenated alkanes) is 11. The molecule has 4 nitrogen and oxygen atoms in total. The zero-order valence-electron chi connectivity index (χ0n) is 26.4. The highest BCUT2D eigenvalue weighted by atomic mass is 32.1. The second-order valence-corrected chi connectivity index (χ2v) is 13.9. The van der Waals surface area contributed by atoms with Gasteiger partial charge in [-0.3, -0.25) is 4.79 Å². The molecule has 0 bridgehead atoms. The second kappa shape index (κ2) is 17.0. The first-order chi connectivity index (χ1) is 19.8. The number of carbonyl (C=O) groups excluding carboxylic acids is 1. The molecule has 2 aromatic rings. The van der Waals surface area contributed by atoms with E-state index < -0.39 is 5.60 Å². The van der Waals surface area contributed by atoms with E-state index in [1.807, 2.05) is 30.3 Å². The molecule has 1 aliphatic carbocycles. The SMILES string of the molecule is CCCCCCCCCCCCCCOC1(C(C)(C)C)C=CC=CC1NC(=O)c1ccccc1C[n+]1csc(C)c1. The molecular formula is C36H55N2O2S+. The minimum atomic E-state index is -0.608. The Morgan fingerprint density at radius 1 is 0.951 bits per heavy atom. The normalized spacial score (nSPS) is 18.6. The van der Waals surface area contributed by atoms with Crippen molar-refractivity contribution in [3.8, 4) is 0 Å². The lowest BCUT2D eigenvalue weighted by Crippen LogP contribution is -2.60. The topological polar surface area (TPSA) is 42.2 Å². The highest BCUT2D eigenvalue weighted by molar-refractivity contribution is 7.09.